The minimum Gasteiger partial charge on any atom is -0.339 e. The number of hydrogen-bond donors (Lipinski definition) is 3. The molecule has 0 fully saturated rings. The van der Waals surface area contributed by atoms with Crippen LogP contribution in [0.15, 0.2) is 42.5 Å². The van der Waals surface area contributed by atoms with Crippen molar-refractivity contribution < 1.29 is 4.79 Å². The van der Waals surface area contributed by atoms with Gasteiger partial charge in [0.25, 0.3) is 0 Å². The Balaban J connectivity index is 1.89. The summed E-state index contributed by atoms with van der Waals surface area (Å²) in [6, 6.07) is 12.9. The van der Waals surface area contributed by atoms with E-state index >= 15 is 0 Å². The zero-order valence-corrected chi connectivity index (χ0v) is 17.6. The van der Waals surface area contributed by atoms with Gasteiger partial charge in [-0.1, -0.05) is 50.0 Å². The van der Waals surface area contributed by atoms with Gasteiger partial charge in [-0.05, 0) is 36.4 Å². The van der Waals surface area contributed by atoms with E-state index in [4.69, 9.17) is 23.2 Å². The number of amides is 1. The summed E-state index contributed by atoms with van der Waals surface area (Å²) in [5.74, 6) is 0.556. The third-order valence-electron chi connectivity index (χ3n) is 4.44. The fraction of sp³-hybridized carbons (Fsp3) is 0.190. The first kappa shape index (κ1) is 19.5. The molecule has 3 N–H and O–H groups in total. The molecule has 1 amide bonds. The molecule has 0 saturated carbocycles. The van der Waals surface area contributed by atoms with Crippen LogP contribution in [0.3, 0.4) is 0 Å². The number of rotatable bonds is 3. The molecule has 29 heavy (non-hydrogen) atoms. The normalized spacial score (nSPS) is 11.8. The molecule has 2 aromatic heterocycles. The Morgan fingerprint density at radius 2 is 1.72 bits per heavy atom. The number of anilines is 3. The molecule has 148 valence electrons. The van der Waals surface area contributed by atoms with Crippen LogP contribution in [-0.2, 0) is 4.79 Å². The smallest absolute Gasteiger partial charge is 0.233 e. The van der Waals surface area contributed by atoms with Crippen molar-refractivity contribution in [2.45, 2.75) is 20.8 Å². The maximum Gasteiger partial charge on any atom is 0.233 e. The van der Waals surface area contributed by atoms with Gasteiger partial charge in [-0.25, -0.2) is 0 Å². The van der Waals surface area contributed by atoms with Crippen LogP contribution in [0.2, 0.25) is 10.0 Å². The zero-order chi connectivity index (χ0) is 20.8. The summed E-state index contributed by atoms with van der Waals surface area (Å²) < 4.78 is 0. The number of carbonyl (C=O) groups excluding carboxylic acids is 1. The molecule has 4 aromatic rings. The first-order valence-corrected chi connectivity index (χ1v) is 9.80. The first-order chi connectivity index (χ1) is 13.7. The molecule has 0 unspecified atom stereocenters. The summed E-state index contributed by atoms with van der Waals surface area (Å²) in [7, 11) is 0. The van der Waals surface area contributed by atoms with Crippen LogP contribution in [-0.4, -0.2) is 20.9 Å². The lowest BCUT2D eigenvalue weighted by Crippen LogP contribution is -2.28. The summed E-state index contributed by atoms with van der Waals surface area (Å²) >= 11 is 12.5. The number of hydrogen-bond acceptors (Lipinski definition) is 4. The topological polar surface area (TPSA) is 82.7 Å². The Morgan fingerprint density at radius 3 is 2.41 bits per heavy atom. The fourth-order valence-corrected chi connectivity index (χ4v) is 3.30. The molecule has 4 rings (SSSR count). The van der Waals surface area contributed by atoms with Gasteiger partial charge in [0, 0.05) is 27.0 Å². The van der Waals surface area contributed by atoms with Crippen LogP contribution >= 0.6 is 23.2 Å². The van der Waals surface area contributed by atoms with E-state index in [1.807, 2.05) is 51.1 Å². The summed E-state index contributed by atoms with van der Waals surface area (Å²) in [5, 5.41) is 8.87. The minimum absolute atomic E-state index is 0.177. The van der Waals surface area contributed by atoms with E-state index in [9.17, 15) is 4.79 Å². The molecule has 0 aliphatic rings. The number of aromatic nitrogens is 3. The highest BCUT2D eigenvalue weighted by molar-refractivity contribution is 6.38. The van der Waals surface area contributed by atoms with Crippen LogP contribution < -0.4 is 10.6 Å². The molecule has 0 aliphatic heterocycles. The molecule has 2 heterocycles. The van der Waals surface area contributed by atoms with Crippen molar-refractivity contribution in [1.82, 2.24) is 15.0 Å². The second-order valence-corrected chi connectivity index (χ2v) is 8.59. The van der Waals surface area contributed by atoms with Crippen LogP contribution in [0, 0.1) is 5.41 Å². The largest absolute Gasteiger partial charge is 0.339 e. The number of carbonyl (C=O) groups is 1. The van der Waals surface area contributed by atoms with Gasteiger partial charge < -0.3 is 10.3 Å². The average molecular weight is 428 g/mol. The van der Waals surface area contributed by atoms with Crippen molar-refractivity contribution in [2.75, 3.05) is 10.6 Å². The molecular weight excluding hydrogens is 409 g/mol. The number of halogens is 2. The highest BCUT2D eigenvalue weighted by atomic mass is 35.5. The monoisotopic (exact) mass is 427 g/mol. The minimum atomic E-state index is -0.578. The molecular formula is C21H19Cl2N5O. The third kappa shape index (κ3) is 3.86. The first-order valence-electron chi connectivity index (χ1n) is 9.04. The number of aromatic amines is 1. The van der Waals surface area contributed by atoms with E-state index in [1.54, 1.807) is 12.1 Å². The van der Waals surface area contributed by atoms with Gasteiger partial charge in [0.05, 0.1) is 10.4 Å². The van der Waals surface area contributed by atoms with E-state index in [-0.39, 0.29) is 11.9 Å². The van der Waals surface area contributed by atoms with E-state index in [0.29, 0.717) is 21.5 Å². The van der Waals surface area contributed by atoms with E-state index < -0.39 is 5.41 Å². The second-order valence-electron chi connectivity index (χ2n) is 7.74. The Kier molecular flexibility index (Phi) is 4.84. The van der Waals surface area contributed by atoms with Crippen molar-refractivity contribution in [2.24, 2.45) is 5.41 Å². The maximum atomic E-state index is 12.4. The summed E-state index contributed by atoms with van der Waals surface area (Å²) in [4.78, 5) is 24.8. The Morgan fingerprint density at radius 1 is 1.00 bits per heavy atom. The fourth-order valence-electron chi connectivity index (χ4n) is 2.90. The van der Waals surface area contributed by atoms with E-state index in [0.717, 1.165) is 22.0 Å². The maximum absolute atomic E-state index is 12.4. The van der Waals surface area contributed by atoms with Crippen LogP contribution in [0.4, 0.5) is 17.5 Å². The Hall–Kier alpha value is -2.83. The second kappa shape index (κ2) is 7.21. The Bertz CT molecular complexity index is 1230. The highest BCUT2D eigenvalue weighted by Crippen LogP contribution is 2.36. The van der Waals surface area contributed by atoms with Crippen molar-refractivity contribution in [3.63, 3.8) is 0 Å². The van der Waals surface area contributed by atoms with Crippen molar-refractivity contribution in [3.05, 3.63) is 52.5 Å². The summed E-state index contributed by atoms with van der Waals surface area (Å²) in [6.07, 6.45) is 0. The van der Waals surface area contributed by atoms with E-state index in [2.05, 4.69) is 25.6 Å². The molecule has 2 aromatic carbocycles. The predicted octanol–water partition coefficient (Wildman–Crippen LogP) is 6.15. The third-order valence-corrected chi connectivity index (χ3v) is 5.01. The van der Waals surface area contributed by atoms with Gasteiger partial charge in [0.1, 0.15) is 11.5 Å². The van der Waals surface area contributed by atoms with E-state index in [1.165, 1.54) is 0 Å². The van der Waals surface area contributed by atoms with Crippen LogP contribution in [0.25, 0.3) is 21.9 Å². The number of nitrogens with zero attached hydrogens (tertiary/aromatic N) is 2. The molecule has 0 spiro atoms. The number of benzene rings is 2. The molecule has 8 heteroatoms. The van der Waals surface area contributed by atoms with Crippen molar-refractivity contribution >= 4 is 68.5 Å². The number of fused-ring (bicyclic) bond motifs is 3. The summed E-state index contributed by atoms with van der Waals surface area (Å²) in [6.45, 7) is 5.49. The molecule has 0 bridgehead atoms. The lowest BCUT2D eigenvalue weighted by Gasteiger charge is -2.17. The van der Waals surface area contributed by atoms with Gasteiger partial charge in [0.15, 0.2) is 0 Å². The molecule has 0 aliphatic carbocycles. The van der Waals surface area contributed by atoms with Crippen LogP contribution in [0.1, 0.15) is 20.8 Å². The lowest BCUT2D eigenvalue weighted by molar-refractivity contribution is -0.123. The zero-order valence-electron chi connectivity index (χ0n) is 16.1. The molecule has 6 nitrogen and oxygen atoms in total. The van der Waals surface area contributed by atoms with Crippen molar-refractivity contribution in [3.8, 4) is 0 Å². The standard InChI is InChI=1S/C21H19Cl2N5O/c1-21(2,3)19(29)28-20-26-17(24-12-9-7-11(22)8-10-12)16-15-13(23)5-4-6-14(15)25-18(16)27-20/h4-10H,1-3H3,(H3,24,25,26,27,28,29). The van der Waals surface area contributed by atoms with Gasteiger partial charge in [-0.15, -0.1) is 0 Å². The number of H-pyrrole nitrogens is 1. The predicted molar refractivity (Wildman–Crippen MR) is 119 cm³/mol. The lowest BCUT2D eigenvalue weighted by atomic mass is 9.96. The molecule has 0 saturated heterocycles. The highest BCUT2D eigenvalue weighted by Gasteiger charge is 2.23. The quantitative estimate of drug-likeness (QED) is 0.366. The Labute approximate surface area is 177 Å². The number of nitrogens with one attached hydrogen (secondary N) is 3. The summed E-state index contributed by atoms with van der Waals surface area (Å²) in [5.41, 5.74) is 1.62. The van der Waals surface area contributed by atoms with Crippen molar-refractivity contribution in [1.29, 1.82) is 0 Å². The van der Waals surface area contributed by atoms with Gasteiger partial charge >= 0.3 is 0 Å². The molecule has 0 radical (unpaired) electrons. The van der Waals surface area contributed by atoms with Gasteiger partial charge in [-0.3, -0.25) is 10.1 Å². The van der Waals surface area contributed by atoms with Gasteiger partial charge in [0.2, 0.25) is 11.9 Å². The molecule has 0 atom stereocenters. The average Bonchev–Trinajstić information content (AvgIpc) is 3.02. The SMILES string of the molecule is CC(C)(C)C(=O)Nc1nc(Nc2ccc(Cl)cc2)c2c(n1)[nH]c1cccc(Cl)c12. The van der Waals surface area contributed by atoms with Gasteiger partial charge in [-0.2, -0.15) is 9.97 Å². The van der Waals surface area contributed by atoms with Crippen LogP contribution in [0.5, 0.6) is 0 Å².